The minimum Gasteiger partial charge on any atom is -0.493 e. The lowest BCUT2D eigenvalue weighted by molar-refractivity contribution is -0.138. The molecule has 0 saturated carbocycles. The summed E-state index contributed by atoms with van der Waals surface area (Å²) >= 11 is 0. The van der Waals surface area contributed by atoms with Crippen molar-refractivity contribution in [3.8, 4) is 11.5 Å². The molecule has 0 bridgehead atoms. The summed E-state index contributed by atoms with van der Waals surface area (Å²) in [5, 5.41) is 2.75. The SMILES string of the molecule is COc1cc(CNC(=O)C(=O)C(C)c2ccc(CC(C)C)cc2)ccc1OCCCC/C=C/C(C)C. The van der Waals surface area contributed by atoms with Crippen LogP contribution in [0.3, 0.4) is 0 Å². The van der Waals surface area contributed by atoms with Crippen LogP contribution in [-0.2, 0) is 22.6 Å². The fourth-order valence-corrected chi connectivity index (χ4v) is 3.89. The Labute approximate surface area is 217 Å². The number of amides is 1. The molecule has 0 radical (unpaired) electrons. The van der Waals surface area contributed by atoms with E-state index in [1.807, 2.05) is 42.5 Å². The summed E-state index contributed by atoms with van der Waals surface area (Å²) in [5.74, 6) is 0.924. The summed E-state index contributed by atoms with van der Waals surface area (Å²) in [6, 6.07) is 13.5. The van der Waals surface area contributed by atoms with Gasteiger partial charge in [0.2, 0.25) is 5.78 Å². The average Bonchev–Trinajstić information content (AvgIpc) is 2.86. The van der Waals surface area contributed by atoms with E-state index in [9.17, 15) is 9.59 Å². The van der Waals surface area contributed by atoms with Crippen LogP contribution in [0.25, 0.3) is 0 Å². The standard InChI is InChI=1S/C31H43NO4/c1-22(2)11-9-7-8-10-18-36-28-17-14-26(20-29(28)35-6)21-32-31(34)30(33)24(5)27-15-12-25(13-16-27)19-23(3)4/h9,11-17,20,22-24H,7-8,10,18-19,21H2,1-6H3,(H,32,34)/b11-9+. The Morgan fingerprint density at radius 3 is 2.25 bits per heavy atom. The van der Waals surface area contributed by atoms with Crippen molar-refractivity contribution in [2.45, 2.75) is 72.8 Å². The van der Waals surface area contributed by atoms with Gasteiger partial charge in [0.05, 0.1) is 13.7 Å². The average molecular weight is 494 g/mol. The zero-order valence-corrected chi connectivity index (χ0v) is 22.8. The van der Waals surface area contributed by atoms with Crippen LogP contribution in [0.1, 0.15) is 76.5 Å². The highest BCUT2D eigenvalue weighted by atomic mass is 16.5. The first-order valence-corrected chi connectivity index (χ1v) is 13.1. The molecule has 1 atom stereocenters. The number of rotatable bonds is 15. The molecule has 1 amide bonds. The molecule has 0 aliphatic carbocycles. The molecule has 2 aromatic rings. The largest absolute Gasteiger partial charge is 0.493 e. The number of allylic oxidation sites excluding steroid dienone is 2. The van der Waals surface area contributed by atoms with Crippen LogP contribution < -0.4 is 14.8 Å². The van der Waals surface area contributed by atoms with E-state index in [-0.39, 0.29) is 6.54 Å². The van der Waals surface area contributed by atoms with Gasteiger partial charge in [0.25, 0.3) is 5.91 Å². The highest BCUT2D eigenvalue weighted by Crippen LogP contribution is 2.28. The maximum atomic E-state index is 12.7. The van der Waals surface area contributed by atoms with Crippen LogP contribution >= 0.6 is 0 Å². The number of carbonyl (C=O) groups excluding carboxylic acids is 2. The monoisotopic (exact) mass is 493 g/mol. The van der Waals surface area contributed by atoms with Gasteiger partial charge in [-0.3, -0.25) is 9.59 Å². The number of methoxy groups -OCH3 is 1. The maximum Gasteiger partial charge on any atom is 0.288 e. The van der Waals surface area contributed by atoms with Crippen molar-refractivity contribution in [1.29, 1.82) is 0 Å². The van der Waals surface area contributed by atoms with E-state index in [1.54, 1.807) is 14.0 Å². The number of hydrogen-bond acceptors (Lipinski definition) is 4. The molecule has 5 nitrogen and oxygen atoms in total. The second-order valence-electron chi connectivity index (χ2n) is 10.1. The van der Waals surface area contributed by atoms with Crippen molar-refractivity contribution >= 4 is 11.7 Å². The van der Waals surface area contributed by atoms with Gasteiger partial charge in [-0.1, -0.05) is 77.1 Å². The van der Waals surface area contributed by atoms with Crippen LogP contribution in [0.4, 0.5) is 0 Å². The highest BCUT2D eigenvalue weighted by Gasteiger charge is 2.22. The molecule has 0 aromatic heterocycles. The number of ether oxygens (including phenoxy) is 2. The van der Waals surface area contributed by atoms with E-state index < -0.39 is 17.6 Å². The predicted octanol–water partition coefficient (Wildman–Crippen LogP) is 6.64. The van der Waals surface area contributed by atoms with Gasteiger partial charge in [-0.05, 0) is 66.3 Å². The predicted molar refractivity (Wildman–Crippen MR) is 147 cm³/mol. The highest BCUT2D eigenvalue weighted by molar-refractivity contribution is 6.38. The third-order valence-electron chi connectivity index (χ3n) is 5.97. The molecule has 1 unspecified atom stereocenters. The van der Waals surface area contributed by atoms with E-state index >= 15 is 0 Å². The Bertz CT molecular complexity index is 992. The van der Waals surface area contributed by atoms with E-state index in [2.05, 4.69) is 45.2 Å². The molecule has 0 aliphatic heterocycles. The topological polar surface area (TPSA) is 64.6 Å². The normalized spacial score (nSPS) is 12.2. The molecule has 5 heteroatoms. The molecule has 2 rings (SSSR count). The summed E-state index contributed by atoms with van der Waals surface area (Å²) in [7, 11) is 1.60. The molecule has 0 heterocycles. The number of nitrogens with one attached hydrogen (secondary N) is 1. The Morgan fingerprint density at radius 2 is 1.61 bits per heavy atom. The van der Waals surface area contributed by atoms with Gasteiger partial charge in [0.1, 0.15) is 0 Å². The number of carbonyl (C=O) groups is 2. The lowest BCUT2D eigenvalue weighted by Crippen LogP contribution is -2.33. The Morgan fingerprint density at radius 1 is 0.917 bits per heavy atom. The van der Waals surface area contributed by atoms with Crippen molar-refractivity contribution in [2.24, 2.45) is 11.8 Å². The second-order valence-corrected chi connectivity index (χ2v) is 10.1. The van der Waals surface area contributed by atoms with Crippen molar-refractivity contribution in [1.82, 2.24) is 5.32 Å². The lowest BCUT2D eigenvalue weighted by atomic mass is 9.93. The molecular weight excluding hydrogens is 450 g/mol. The first-order valence-electron chi connectivity index (χ1n) is 13.1. The van der Waals surface area contributed by atoms with E-state index in [4.69, 9.17) is 9.47 Å². The molecule has 0 fully saturated rings. The summed E-state index contributed by atoms with van der Waals surface area (Å²) in [5.41, 5.74) is 2.92. The van der Waals surface area contributed by atoms with Crippen LogP contribution in [0.15, 0.2) is 54.6 Å². The van der Waals surface area contributed by atoms with Gasteiger partial charge in [-0.15, -0.1) is 0 Å². The Kier molecular flexibility index (Phi) is 12.2. The van der Waals surface area contributed by atoms with Crippen LogP contribution in [0.5, 0.6) is 11.5 Å². The van der Waals surface area contributed by atoms with Crippen LogP contribution in [0, 0.1) is 11.8 Å². The fraction of sp³-hybridized carbons (Fsp3) is 0.484. The smallest absolute Gasteiger partial charge is 0.288 e. The molecule has 36 heavy (non-hydrogen) atoms. The quantitative estimate of drug-likeness (QED) is 0.171. The van der Waals surface area contributed by atoms with Crippen molar-refractivity contribution in [3.05, 3.63) is 71.3 Å². The van der Waals surface area contributed by atoms with Gasteiger partial charge in [0.15, 0.2) is 11.5 Å². The number of hydrogen-bond donors (Lipinski definition) is 1. The molecular formula is C31H43NO4. The third-order valence-corrected chi connectivity index (χ3v) is 5.97. The molecule has 196 valence electrons. The maximum absolute atomic E-state index is 12.7. The lowest BCUT2D eigenvalue weighted by Gasteiger charge is -2.14. The minimum atomic E-state index is -0.584. The van der Waals surface area contributed by atoms with Crippen molar-refractivity contribution < 1.29 is 19.1 Å². The van der Waals surface area contributed by atoms with Gasteiger partial charge < -0.3 is 14.8 Å². The first kappa shape index (κ1) is 29.2. The molecule has 0 aliphatic rings. The molecule has 2 aromatic carbocycles. The van der Waals surface area contributed by atoms with Gasteiger partial charge in [-0.25, -0.2) is 0 Å². The zero-order chi connectivity index (χ0) is 26.5. The summed E-state index contributed by atoms with van der Waals surface area (Å²) in [6.45, 7) is 11.3. The number of unbranched alkanes of at least 4 members (excludes halogenated alkanes) is 2. The second kappa shape index (κ2) is 15.1. The van der Waals surface area contributed by atoms with Gasteiger partial charge in [0, 0.05) is 12.5 Å². The van der Waals surface area contributed by atoms with Crippen molar-refractivity contribution in [2.75, 3.05) is 13.7 Å². The summed E-state index contributed by atoms with van der Waals surface area (Å²) in [6.07, 6.45) is 8.53. The number of Topliss-reactive ketones (excluding diaryl/α,β-unsaturated/α-hetero) is 1. The zero-order valence-electron chi connectivity index (χ0n) is 22.8. The van der Waals surface area contributed by atoms with Crippen LogP contribution in [0.2, 0.25) is 0 Å². The Balaban J connectivity index is 1.84. The molecule has 1 N–H and O–H groups in total. The third kappa shape index (κ3) is 9.88. The minimum absolute atomic E-state index is 0.240. The Hall–Kier alpha value is -3.08. The van der Waals surface area contributed by atoms with Gasteiger partial charge >= 0.3 is 0 Å². The van der Waals surface area contributed by atoms with E-state index in [1.165, 1.54) is 5.56 Å². The van der Waals surface area contributed by atoms with Crippen molar-refractivity contribution in [3.63, 3.8) is 0 Å². The summed E-state index contributed by atoms with van der Waals surface area (Å²) < 4.78 is 11.4. The molecule has 0 saturated heterocycles. The van der Waals surface area contributed by atoms with Gasteiger partial charge in [-0.2, -0.15) is 0 Å². The number of benzene rings is 2. The first-order chi connectivity index (χ1) is 17.2. The number of ketones is 1. The summed E-state index contributed by atoms with van der Waals surface area (Å²) in [4.78, 5) is 25.2. The molecule has 0 spiro atoms. The van der Waals surface area contributed by atoms with Crippen LogP contribution in [-0.4, -0.2) is 25.4 Å². The fourth-order valence-electron chi connectivity index (χ4n) is 3.89. The van der Waals surface area contributed by atoms with E-state index in [0.717, 1.165) is 36.8 Å². The van der Waals surface area contributed by atoms with E-state index in [0.29, 0.717) is 29.9 Å².